The Bertz CT molecular complexity index is 624. The number of anilines is 2. The van der Waals surface area contributed by atoms with E-state index in [1.165, 1.54) is 4.90 Å². The molecule has 1 amide bonds. The molecule has 0 bridgehead atoms. The van der Waals surface area contributed by atoms with Gasteiger partial charge >= 0.3 is 6.09 Å². The molecule has 0 N–H and O–H groups in total. The van der Waals surface area contributed by atoms with Crippen molar-refractivity contribution >= 4 is 40.2 Å². The molecule has 0 aliphatic carbocycles. The predicted octanol–water partition coefficient (Wildman–Crippen LogP) is 4.76. The molecule has 0 saturated heterocycles. The zero-order chi connectivity index (χ0) is 15.5. The lowest BCUT2D eigenvalue weighted by Gasteiger charge is -2.27. The zero-order valence-corrected chi connectivity index (χ0v) is 14.4. The van der Waals surface area contributed by atoms with Crippen LogP contribution >= 0.6 is 22.6 Å². The van der Waals surface area contributed by atoms with Crippen LogP contribution < -0.4 is 4.90 Å². The van der Waals surface area contributed by atoms with Crippen LogP contribution in [0.1, 0.15) is 20.8 Å². The summed E-state index contributed by atoms with van der Waals surface area (Å²) >= 11 is 2.20. The molecular formula is C16H17IN2O2. The van der Waals surface area contributed by atoms with E-state index >= 15 is 0 Å². The maximum absolute atomic E-state index is 12.6. The fraction of sp³-hybridized carbons (Fsp3) is 0.250. The average Bonchev–Trinajstić information content (AvgIpc) is 2.40. The number of benzene rings is 1. The first-order valence-corrected chi connectivity index (χ1v) is 7.65. The van der Waals surface area contributed by atoms with Gasteiger partial charge in [-0.1, -0.05) is 18.2 Å². The molecule has 5 heteroatoms. The third kappa shape index (κ3) is 4.17. The van der Waals surface area contributed by atoms with Crippen LogP contribution in [0.15, 0.2) is 48.7 Å². The fourth-order valence-electron chi connectivity index (χ4n) is 1.74. The Morgan fingerprint density at radius 2 is 1.81 bits per heavy atom. The van der Waals surface area contributed by atoms with Gasteiger partial charge in [0.1, 0.15) is 11.4 Å². The van der Waals surface area contributed by atoms with Gasteiger partial charge in [-0.15, -0.1) is 0 Å². The zero-order valence-electron chi connectivity index (χ0n) is 12.2. The Morgan fingerprint density at radius 3 is 2.38 bits per heavy atom. The molecule has 0 radical (unpaired) electrons. The number of nitrogens with zero attached hydrogens (tertiary/aromatic N) is 2. The molecule has 2 aromatic rings. The summed E-state index contributed by atoms with van der Waals surface area (Å²) in [5, 5.41) is 0. The van der Waals surface area contributed by atoms with Gasteiger partial charge in [0.15, 0.2) is 0 Å². The van der Waals surface area contributed by atoms with E-state index in [9.17, 15) is 4.79 Å². The molecule has 21 heavy (non-hydrogen) atoms. The van der Waals surface area contributed by atoms with Crippen molar-refractivity contribution in [2.75, 3.05) is 4.90 Å². The number of para-hydroxylation sites is 1. The van der Waals surface area contributed by atoms with E-state index in [0.29, 0.717) is 5.82 Å². The van der Waals surface area contributed by atoms with Gasteiger partial charge < -0.3 is 4.74 Å². The van der Waals surface area contributed by atoms with Crippen molar-refractivity contribution < 1.29 is 9.53 Å². The van der Waals surface area contributed by atoms with Gasteiger partial charge in [-0.25, -0.2) is 14.7 Å². The monoisotopic (exact) mass is 396 g/mol. The van der Waals surface area contributed by atoms with E-state index < -0.39 is 11.7 Å². The van der Waals surface area contributed by atoms with Gasteiger partial charge in [-0.3, -0.25) is 0 Å². The number of pyridine rings is 1. The van der Waals surface area contributed by atoms with Crippen LogP contribution in [0.2, 0.25) is 0 Å². The van der Waals surface area contributed by atoms with Crippen molar-refractivity contribution in [1.82, 2.24) is 4.98 Å². The lowest BCUT2D eigenvalue weighted by Crippen LogP contribution is -2.34. The molecule has 1 aromatic heterocycles. The summed E-state index contributed by atoms with van der Waals surface area (Å²) in [7, 11) is 0. The van der Waals surface area contributed by atoms with Gasteiger partial charge in [0.25, 0.3) is 0 Å². The molecule has 110 valence electrons. The molecule has 2 rings (SSSR count). The highest BCUT2D eigenvalue weighted by molar-refractivity contribution is 14.1. The lowest BCUT2D eigenvalue weighted by molar-refractivity contribution is 0.0598. The van der Waals surface area contributed by atoms with Crippen LogP contribution in [0.25, 0.3) is 0 Å². The molecule has 0 aliphatic heterocycles. The van der Waals surface area contributed by atoms with Crippen molar-refractivity contribution in [1.29, 1.82) is 0 Å². The molecular weight excluding hydrogens is 379 g/mol. The average molecular weight is 396 g/mol. The molecule has 0 aliphatic rings. The van der Waals surface area contributed by atoms with Gasteiger partial charge in [0, 0.05) is 9.77 Å². The van der Waals surface area contributed by atoms with Crippen molar-refractivity contribution in [3.63, 3.8) is 0 Å². The quantitative estimate of drug-likeness (QED) is 0.688. The first kappa shape index (κ1) is 15.8. The van der Waals surface area contributed by atoms with Gasteiger partial charge in [0.2, 0.25) is 0 Å². The highest BCUT2D eigenvalue weighted by Gasteiger charge is 2.26. The van der Waals surface area contributed by atoms with Crippen LogP contribution in [0, 0.1) is 3.57 Å². The number of hydrogen-bond acceptors (Lipinski definition) is 3. The van der Waals surface area contributed by atoms with Crippen LogP contribution in [0.3, 0.4) is 0 Å². The minimum atomic E-state index is -0.565. The summed E-state index contributed by atoms with van der Waals surface area (Å²) in [5.41, 5.74) is 0.190. The minimum Gasteiger partial charge on any atom is -0.443 e. The van der Waals surface area contributed by atoms with Gasteiger partial charge in [-0.2, -0.15) is 0 Å². The Balaban J connectivity index is 2.46. The fourth-order valence-corrected chi connectivity index (χ4v) is 2.37. The first-order valence-electron chi connectivity index (χ1n) is 6.57. The number of carbonyl (C=O) groups excluding carboxylic acids is 1. The van der Waals surface area contributed by atoms with Crippen molar-refractivity contribution in [3.05, 3.63) is 52.2 Å². The standard InChI is InChI=1S/C16H17IN2O2/c1-16(2,3)21-15(20)19(14-10-6-7-11-18-14)13-9-5-4-8-12(13)17/h4-11H,1-3H3. The Morgan fingerprint density at radius 1 is 1.14 bits per heavy atom. The van der Waals surface area contributed by atoms with Crippen LogP contribution in [-0.2, 0) is 4.74 Å². The highest BCUT2D eigenvalue weighted by atomic mass is 127. The van der Waals surface area contributed by atoms with E-state index in [2.05, 4.69) is 27.6 Å². The number of rotatable bonds is 2. The normalized spacial score (nSPS) is 11.0. The number of carbonyl (C=O) groups is 1. The van der Waals surface area contributed by atoms with Gasteiger partial charge in [0.05, 0.1) is 5.69 Å². The molecule has 0 spiro atoms. The Kier molecular flexibility index (Phi) is 4.82. The molecule has 4 nitrogen and oxygen atoms in total. The number of halogens is 1. The number of amides is 1. The first-order chi connectivity index (χ1) is 9.88. The van der Waals surface area contributed by atoms with E-state index in [4.69, 9.17) is 4.74 Å². The third-order valence-electron chi connectivity index (χ3n) is 2.55. The van der Waals surface area contributed by atoms with E-state index in [0.717, 1.165) is 9.26 Å². The minimum absolute atomic E-state index is 0.440. The smallest absolute Gasteiger partial charge is 0.420 e. The SMILES string of the molecule is CC(C)(C)OC(=O)N(c1ccccn1)c1ccccc1I. The van der Waals surface area contributed by atoms with Crippen LogP contribution in [0.4, 0.5) is 16.3 Å². The highest BCUT2D eigenvalue weighted by Crippen LogP contribution is 2.29. The lowest BCUT2D eigenvalue weighted by atomic mass is 10.2. The molecule has 0 saturated carbocycles. The summed E-state index contributed by atoms with van der Waals surface area (Å²) in [6.45, 7) is 5.53. The second-order valence-corrected chi connectivity index (χ2v) is 6.62. The van der Waals surface area contributed by atoms with E-state index in [-0.39, 0.29) is 0 Å². The van der Waals surface area contributed by atoms with Crippen LogP contribution in [0.5, 0.6) is 0 Å². The Hall–Kier alpha value is -1.63. The van der Waals surface area contributed by atoms with Gasteiger partial charge in [-0.05, 0) is 67.6 Å². The molecule has 0 unspecified atom stereocenters. The summed E-state index contributed by atoms with van der Waals surface area (Å²) < 4.78 is 6.46. The van der Waals surface area contributed by atoms with Crippen molar-refractivity contribution in [2.24, 2.45) is 0 Å². The van der Waals surface area contributed by atoms with Crippen molar-refractivity contribution in [2.45, 2.75) is 26.4 Å². The van der Waals surface area contributed by atoms with Crippen LogP contribution in [-0.4, -0.2) is 16.7 Å². The molecule has 0 atom stereocenters. The molecule has 1 aromatic carbocycles. The van der Waals surface area contributed by atoms with E-state index in [1.807, 2.05) is 57.2 Å². The molecule has 1 heterocycles. The van der Waals surface area contributed by atoms with E-state index in [1.54, 1.807) is 12.3 Å². The third-order valence-corrected chi connectivity index (χ3v) is 3.46. The maximum atomic E-state index is 12.6. The van der Waals surface area contributed by atoms with Crippen molar-refractivity contribution in [3.8, 4) is 0 Å². The second kappa shape index (κ2) is 6.43. The number of ether oxygens (including phenoxy) is 1. The summed E-state index contributed by atoms with van der Waals surface area (Å²) in [6, 6.07) is 13.1. The Labute approximate surface area is 138 Å². The maximum Gasteiger partial charge on any atom is 0.420 e. The molecule has 0 fully saturated rings. The second-order valence-electron chi connectivity index (χ2n) is 5.46. The topological polar surface area (TPSA) is 42.4 Å². The predicted molar refractivity (Wildman–Crippen MR) is 91.8 cm³/mol. The number of aromatic nitrogens is 1. The largest absolute Gasteiger partial charge is 0.443 e. The summed E-state index contributed by atoms with van der Waals surface area (Å²) in [6.07, 6.45) is 1.22. The number of hydrogen-bond donors (Lipinski definition) is 0. The summed E-state index contributed by atoms with van der Waals surface area (Å²) in [4.78, 5) is 18.3. The summed E-state index contributed by atoms with van der Waals surface area (Å²) in [5.74, 6) is 0.538.